The number of hydrogen-bond acceptors (Lipinski definition) is 3. The number of carbonyl (C=O) groups excluding carboxylic acids is 1. The van der Waals surface area contributed by atoms with Crippen molar-refractivity contribution in [2.24, 2.45) is 0 Å². The van der Waals surface area contributed by atoms with Crippen LogP contribution in [0.2, 0.25) is 0 Å². The number of nitrogens with two attached hydrogens (primary N) is 1. The van der Waals surface area contributed by atoms with Gasteiger partial charge in [-0.15, -0.1) is 0 Å². The molecule has 1 aromatic heterocycles. The van der Waals surface area contributed by atoms with Gasteiger partial charge in [0.25, 0.3) is 5.91 Å². The first-order chi connectivity index (χ1) is 8.97. The highest BCUT2D eigenvalue weighted by Crippen LogP contribution is 2.23. The first-order valence-corrected chi connectivity index (χ1v) is 6.08. The SMILES string of the molecule is Cc1cc(C(=O)Nc2cc(C)c(C)cc2N)ccn1. The molecule has 0 saturated heterocycles. The van der Waals surface area contributed by atoms with Crippen LogP contribution in [-0.2, 0) is 0 Å². The summed E-state index contributed by atoms with van der Waals surface area (Å²) in [5.41, 5.74) is 10.7. The minimum Gasteiger partial charge on any atom is -0.397 e. The van der Waals surface area contributed by atoms with E-state index in [1.54, 1.807) is 18.3 Å². The zero-order valence-electron chi connectivity index (χ0n) is 11.3. The number of anilines is 2. The summed E-state index contributed by atoms with van der Waals surface area (Å²) >= 11 is 0. The van der Waals surface area contributed by atoms with Gasteiger partial charge in [-0.3, -0.25) is 9.78 Å². The average molecular weight is 255 g/mol. The van der Waals surface area contributed by atoms with E-state index in [0.717, 1.165) is 16.8 Å². The Morgan fingerprint density at radius 1 is 1.16 bits per heavy atom. The van der Waals surface area contributed by atoms with Gasteiger partial charge in [0.15, 0.2) is 0 Å². The molecule has 0 atom stereocenters. The molecule has 2 rings (SSSR count). The minimum atomic E-state index is -0.180. The molecule has 1 aromatic carbocycles. The fourth-order valence-corrected chi connectivity index (χ4v) is 1.83. The van der Waals surface area contributed by atoms with Crippen molar-refractivity contribution in [2.45, 2.75) is 20.8 Å². The maximum absolute atomic E-state index is 12.1. The molecule has 2 aromatic rings. The number of hydrogen-bond donors (Lipinski definition) is 2. The van der Waals surface area contributed by atoms with Crippen molar-refractivity contribution in [3.63, 3.8) is 0 Å². The molecular formula is C15H17N3O. The van der Waals surface area contributed by atoms with Crippen LogP contribution in [0.3, 0.4) is 0 Å². The number of rotatable bonds is 2. The normalized spacial score (nSPS) is 10.3. The van der Waals surface area contributed by atoms with E-state index >= 15 is 0 Å². The summed E-state index contributed by atoms with van der Waals surface area (Å²) in [7, 11) is 0. The van der Waals surface area contributed by atoms with Crippen LogP contribution in [0, 0.1) is 20.8 Å². The second-order valence-electron chi connectivity index (χ2n) is 4.66. The van der Waals surface area contributed by atoms with Gasteiger partial charge in [0.05, 0.1) is 11.4 Å². The second kappa shape index (κ2) is 5.10. The molecule has 4 nitrogen and oxygen atoms in total. The fourth-order valence-electron chi connectivity index (χ4n) is 1.83. The summed E-state index contributed by atoms with van der Waals surface area (Å²) in [5.74, 6) is -0.180. The van der Waals surface area contributed by atoms with Crippen LogP contribution >= 0.6 is 0 Å². The van der Waals surface area contributed by atoms with E-state index in [0.29, 0.717) is 16.9 Å². The van der Waals surface area contributed by atoms with Gasteiger partial charge in [-0.1, -0.05) is 0 Å². The van der Waals surface area contributed by atoms with Crippen molar-refractivity contribution in [1.29, 1.82) is 0 Å². The quantitative estimate of drug-likeness (QED) is 0.811. The lowest BCUT2D eigenvalue weighted by atomic mass is 10.1. The molecule has 3 N–H and O–H groups in total. The van der Waals surface area contributed by atoms with Crippen LogP contribution in [-0.4, -0.2) is 10.9 Å². The maximum atomic E-state index is 12.1. The van der Waals surface area contributed by atoms with Crippen LogP contribution in [0.1, 0.15) is 27.2 Å². The monoisotopic (exact) mass is 255 g/mol. The number of aromatic nitrogens is 1. The van der Waals surface area contributed by atoms with Gasteiger partial charge in [-0.05, 0) is 56.2 Å². The largest absolute Gasteiger partial charge is 0.397 e. The summed E-state index contributed by atoms with van der Waals surface area (Å²) in [6.45, 7) is 5.83. The van der Waals surface area contributed by atoms with Gasteiger partial charge in [0.2, 0.25) is 0 Å². The number of aryl methyl sites for hydroxylation is 3. The van der Waals surface area contributed by atoms with Crippen LogP contribution in [0.4, 0.5) is 11.4 Å². The van der Waals surface area contributed by atoms with Crippen molar-refractivity contribution in [3.8, 4) is 0 Å². The van der Waals surface area contributed by atoms with Crippen molar-refractivity contribution in [1.82, 2.24) is 4.98 Å². The summed E-state index contributed by atoms with van der Waals surface area (Å²) in [6.07, 6.45) is 1.62. The number of nitrogens with zero attached hydrogens (tertiary/aromatic N) is 1. The van der Waals surface area contributed by atoms with Gasteiger partial charge in [0, 0.05) is 17.5 Å². The van der Waals surface area contributed by atoms with Gasteiger partial charge in [-0.25, -0.2) is 0 Å². The van der Waals surface area contributed by atoms with E-state index in [-0.39, 0.29) is 5.91 Å². The van der Waals surface area contributed by atoms with Crippen LogP contribution < -0.4 is 11.1 Å². The lowest BCUT2D eigenvalue weighted by Crippen LogP contribution is -2.14. The maximum Gasteiger partial charge on any atom is 0.255 e. The predicted molar refractivity (Wildman–Crippen MR) is 77.3 cm³/mol. The Morgan fingerprint density at radius 3 is 2.53 bits per heavy atom. The van der Waals surface area contributed by atoms with Crippen LogP contribution in [0.25, 0.3) is 0 Å². The highest BCUT2D eigenvalue weighted by Gasteiger charge is 2.09. The Hall–Kier alpha value is -2.36. The van der Waals surface area contributed by atoms with Crippen molar-refractivity contribution in [2.75, 3.05) is 11.1 Å². The first kappa shape index (κ1) is 13.1. The molecular weight excluding hydrogens is 238 g/mol. The molecule has 98 valence electrons. The summed E-state index contributed by atoms with van der Waals surface area (Å²) < 4.78 is 0. The van der Waals surface area contributed by atoms with E-state index in [1.165, 1.54) is 0 Å². The molecule has 0 fully saturated rings. The van der Waals surface area contributed by atoms with Gasteiger partial charge < -0.3 is 11.1 Å². The molecule has 0 saturated carbocycles. The minimum absolute atomic E-state index is 0.180. The van der Waals surface area contributed by atoms with E-state index < -0.39 is 0 Å². The molecule has 0 radical (unpaired) electrons. The molecule has 4 heteroatoms. The number of pyridine rings is 1. The summed E-state index contributed by atoms with van der Waals surface area (Å²) in [4.78, 5) is 16.2. The number of nitrogens with one attached hydrogen (secondary N) is 1. The van der Waals surface area contributed by atoms with Crippen LogP contribution in [0.15, 0.2) is 30.5 Å². The Morgan fingerprint density at radius 2 is 1.84 bits per heavy atom. The summed E-state index contributed by atoms with van der Waals surface area (Å²) in [6, 6.07) is 7.17. The topological polar surface area (TPSA) is 68.0 Å². The Kier molecular flexibility index (Phi) is 3.51. The second-order valence-corrected chi connectivity index (χ2v) is 4.66. The fraction of sp³-hybridized carbons (Fsp3) is 0.200. The van der Waals surface area contributed by atoms with E-state index in [2.05, 4.69) is 10.3 Å². The van der Waals surface area contributed by atoms with E-state index in [1.807, 2.05) is 32.9 Å². The van der Waals surface area contributed by atoms with E-state index in [9.17, 15) is 4.79 Å². The average Bonchev–Trinajstić information content (AvgIpc) is 2.36. The van der Waals surface area contributed by atoms with Crippen molar-refractivity contribution in [3.05, 3.63) is 52.8 Å². The van der Waals surface area contributed by atoms with Crippen molar-refractivity contribution >= 4 is 17.3 Å². The Bertz CT molecular complexity index is 635. The molecule has 0 unspecified atom stereocenters. The van der Waals surface area contributed by atoms with Crippen molar-refractivity contribution < 1.29 is 4.79 Å². The van der Waals surface area contributed by atoms with Gasteiger partial charge in [-0.2, -0.15) is 0 Å². The smallest absolute Gasteiger partial charge is 0.255 e. The van der Waals surface area contributed by atoms with E-state index in [4.69, 9.17) is 5.73 Å². The molecule has 19 heavy (non-hydrogen) atoms. The first-order valence-electron chi connectivity index (χ1n) is 6.08. The highest BCUT2D eigenvalue weighted by atomic mass is 16.1. The Balaban J connectivity index is 2.27. The number of amides is 1. The number of nitrogen functional groups attached to an aromatic ring is 1. The molecule has 0 bridgehead atoms. The molecule has 0 aliphatic rings. The zero-order valence-corrected chi connectivity index (χ0v) is 11.3. The zero-order chi connectivity index (χ0) is 14.0. The lowest BCUT2D eigenvalue weighted by Gasteiger charge is -2.11. The van der Waals surface area contributed by atoms with Gasteiger partial charge >= 0.3 is 0 Å². The molecule has 0 spiro atoms. The third-order valence-corrected chi connectivity index (χ3v) is 3.07. The third kappa shape index (κ3) is 2.91. The predicted octanol–water partition coefficient (Wildman–Crippen LogP) is 2.84. The lowest BCUT2D eigenvalue weighted by molar-refractivity contribution is 0.102. The number of benzene rings is 1. The molecule has 1 amide bonds. The third-order valence-electron chi connectivity index (χ3n) is 3.07. The standard InChI is InChI=1S/C15H17N3O/c1-9-6-13(16)14(7-10(9)2)18-15(19)12-4-5-17-11(3)8-12/h4-8H,16H2,1-3H3,(H,18,19). The molecule has 0 aliphatic heterocycles. The molecule has 1 heterocycles. The summed E-state index contributed by atoms with van der Waals surface area (Å²) in [5, 5.41) is 2.83. The number of carbonyl (C=O) groups is 1. The molecule has 0 aliphatic carbocycles. The van der Waals surface area contributed by atoms with Crippen LogP contribution in [0.5, 0.6) is 0 Å². The highest BCUT2D eigenvalue weighted by molar-refractivity contribution is 6.05. The Labute approximate surface area is 112 Å². The van der Waals surface area contributed by atoms with Gasteiger partial charge in [0.1, 0.15) is 0 Å².